The maximum Gasteiger partial charge on any atom is -1.00 e. The Morgan fingerprint density at radius 1 is 0.889 bits per heavy atom. The van der Waals surface area contributed by atoms with E-state index in [2.05, 4.69) is 116 Å². The molecular formula is C32H37Cl2SZr. The Kier molecular flexibility index (Phi) is 10.7. The molecule has 1 heterocycles. The molecule has 0 nitrogen and oxygen atoms in total. The summed E-state index contributed by atoms with van der Waals surface area (Å²) in [4.78, 5) is 4.77. The van der Waals surface area contributed by atoms with Gasteiger partial charge in [-0.05, 0) is 60.4 Å². The second-order valence-electron chi connectivity index (χ2n) is 11.0. The molecule has 0 bridgehead atoms. The fourth-order valence-electron chi connectivity index (χ4n) is 5.06. The van der Waals surface area contributed by atoms with Crippen molar-refractivity contribution in [3.8, 4) is 11.1 Å². The third-order valence-corrected chi connectivity index (χ3v) is 11.2. The molecular weight excluding hydrogens is 579 g/mol. The van der Waals surface area contributed by atoms with Gasteiger partial charge in [0.15, 0.2) is 0 Å². The first kappa shape index (κ1) is 31.3. The second-order valence-corrected chi connectivity index (χ2v) is 15.0. The molecule has 189 valence electrons. The van der Waals surface area contributed by atoms with Crippen molar-refractivity contribution in [2.45, 2.75) is 70.9 Å². The van der Waals surface area contributed by atoms with Crippen LogP contribution in [0, 0.1) is 0 Å². The molecule has 0 spiro atoms. The third kappa shape index (κ3) is 6.38. The van der Waals surface area contributed by atoms with Crippen LogP contribution in [0.3, 0.4) is 0 Å². The van der Waals surface area contributed by atoms with Gasteiger partial charge in [-0.2, -0.15) is 0 Å². The van der Waals surface area contributed by atoms with Gasteiger partial charge in [0.2, 0.25) is 0 Å². The van der Waals surface area contributed by atoms with E-state index < -0.39 is 0 Å². The van der Waals surface area contributed by atoms with E-state index in [0.717, 1.165) is 0 Å². The van der Waals surface area contributed by atoms with E-state index in [1.165, 1.54) is 51.0 Å². The Labute approximate surface area is 249 Å². The van der Waals surface area contributed by atoms with E-state index in [4.69, 9.17) is 0 Å². The van der Waals surface area contributed by atoms with Crippen molar-refractivity contribution in [2.75, 3.05) is 0 Å². The van der Waals surface area contributed by atoms with Crippen LogP contribution in [-0.4, -0.2) is 4.86 Å². The van der Waals surface area contributed by atoms with E-state index in [-0.39, 0.29) is 30.2 Å². The Hall–Kier alpha value is -0.917. The van der Waals surface area contributed by atoms with Crippen LogP contribution in [0.4, 0.5) is 0 Å². The number of benzene rings is 2. The summed E-state index contributed by atoms with van der Waals surface area (Å²) in [5, 5.41) is 0. The second kappa shape index (κ2) is 12.3. The SMILES string of the molecule is CC1=CC2=C(C1)S(=C(C)C)C(C)=C2.CC1=Cc2c(-c3ccc(C(C)(C)C)cc3)cccc2[CH]1[Zr+2].[Cl-].[Cl-]. The summed E-state index contributed by atoms with van der Waals surface area (Å²) in [6.07, 6.45) is 8.29. The molecule has 36 heavy (non-hydrogen) atoms. The van der Waals surface area contributed by atoms with Gasteiger partial charge >= 0.3 is 143 Å². The predicted octanol–water partition coefficient (Wildman–Crippen LogP) is 3.65. The van der Waals surface area contributed by atoms with Crippen molar-refractivity contribution in [3.05, 3.63) is 97.8 Å². The maximum atomic E-state index is 2.38. The van der Waals surface area contributed by atoms with Gasteiger partial charge in [-0.1, -0.05) is 11.6 Å². The predicted molar refractivity (Wildman–Crippen MR) is 150 cm³/mol. The Morgan fingerprint density at radius 2 is 1.53 bits per heavy atom. The fraction of sp³-hybridized carbons (Fsp3) is 0.344. The molecule has 2 atom stereocenters. The van der Waals surface area contributed by atoms with Crippen molar-refractivity contribution in [3.63, 3.8) is 0 Å². The van der Waals surface area contributed by atoms with Crippen molar-refractivity contribution < 1.29 is 49.5 Å². The normalized spacial score (nSPS) is 19.7. The molecule has 2 aromatic rings. The van der Waals surface area contributed by atoms with Gasteiger partial charge in [0, 0.05) is 0 Å². The van der Waals surface area contributed by atoms with E-state index in [0.29, 0.717) is 14.1 Å². The summed E-state index contributed by atoms with van der Waals surface area (Å²) in [5.41, 5.74) is 11.8. The molecule has 2 unspecified atom stereocenters. The topological polar surface area (TPSA) is 0 Å². The molecule has 2 aliphatic carbocycles. The molecule has 0 amide bonds. The van der Waals surface area contributed by atoms with Crippen LogP contribution in [0.25, 0.3) is 17.2 Å². The van der Waals surface area contributed by atoms with Gasteiger partial charge in [-0.25, -0.2) is 0 Å². The van der Waals surface area contributed by atoms with E-state index in [1.54, 1.807) is 39.4 Å². The molecule has 4 heteroatoms. The largest absolute Gasteiger partial charge is 1.00 e. The minimum absolute atomic E-state index is 0. The van der Waals surface area contributed by atoms with Gasteiger partial charge in [0.1, 0.15) is 0 Å². The van der Waals surface area contributed by atoms with Crippen LogP contribution in [0.15, 0.2) is 81.1 Å². The monoisotopic (exact) mass is 613 g/mol. The number of halogens is 2. The van der Waals surface area contributed by atoms with Gasteiger partial charge in [0.25, 0.3) is 0 Å². The zero-order valence-corrected chi connectivity index (χ0v) is 27.5. The molecule has 0 saturated heterocycles. The summed E-state index contributed by atoms with van der Waals surface area (Å²) in [5.74, 6) is 0. The van der Waals surface area contributed by atoms with Crippen molar-refractivity contribution >= 4 is 21.4 Å². The van der Waals surface area contributed by atoms with Crippen LogP contribution in [-0.2, 0) is 30.1 Å². The molecule has 1 aliphatic heterocycles. The van der Waals surface area contributed by atoms with Crippen molar-refractivity contribution in [1.82, 2.24) is 0 Å². The smallest absolute Gasteiger partial charge is 1.00 e. The first-order chi connectivity index (χ1) is 16.0. The summed E-state index contributed by atoms with van der Waals surface area (Å²) in [7, 11) is 0.355. The molecule has 0 radical (unpaired) electrons. The van der Waals surface area contributed by atoms with Crippen molar-refractivity contribution in [2.24, 2.45) is 0 Å². The van der Waals surface area contributed by atoms with Gasteiger partial charge in [0.05, 0.1) is 0 Å². The molecule has 0 aromatic heterocycles. The van der Waals surface area contributed by atoms with Crippen LogP contribution in [0.2, 0.25) is 0 Å². The number of rotatable bonds is 1. The summed E-state index contributed by atoms with van der Waals surface area (Å²) in [6.45, 7) is 18.0. The Morgan fingerprint density at radius 3 is 2.11 bits per heavy atom. The molecule has 0 fully saturated rings. The molecule has 5 rings (SSSR count). The summed E-state index contributed by atoms with van der Waals surface area (Å²) >= 11 is 1.58. The van der Waals surface area contributed by atoms with Crippen LogP contribution in [0.5, 0.6) is 0 Å². The van der Waals surface area contributed by atoms with E-state index >= 15 is 0 Å². The Bertz CT molecular complexity index is 1290. The molecule has 2 aromatic carbocycles. The van der Waals surface area contributed by atoms with Gasteiger partial charge in [-0.15, -0.1) is 10.5 Å². The number of allylic oxidation sites excluding steroid dienone is 7. The van der Waals surface area contributed by atoms with Gasteiger partial charge < -0.3 is 24.8 Å². The molecule has 0 saturated carbocycles. The van der Waals surface area contributed by atoms with Crippen LogP contribution < -0.4 is 24.8 Å². The molecule has 0 N–H and O–H groups in total. The molecule has 3 aliphatic rings. The fourth-order valence-corrected chi connectivity index (χ4v) is 8.38. The van der Waals surface area contributed by atoms with E-state index in [1.807, 2.05) is 0 Å². The number of hydrogen-bond acceptors (Lipinski definition) is 0. The third-order valence-electron chi connectivity index (χ3n) is 6.84. The number of fused-ring (bicyclic) bond motifs is 1. The van der Waals surface area contributed by atoms with Crippen LogP contribution >= 0.6 is 10.5 Å². The first-order valence-electron chi connectivity index (χ1n) is 12.2. The first-order valence-corrected chi connectivity index (χ1v) is 14.9. The Balaban J connectivity index is 0.000000264. The van der Waals surface area contributed by atoms with Crippen LogP contribution in [0.1, 0.15) is 82.1 Å². The average molecular weight is 616 g/mol. The standard InChI is InChI=1S/C20H21.C12H16S.2ClH.Zr/c1-14-12-16-6-5-7-18(19(16)13-14)15-8-10-17(11-9-15)20(2,3)4;1-8(2)13-10(4)7-11-5-9(3)6-12(11)13;;;/h5-13H,1-4H3;5,7H,6H2,1-4H3;2*1H;/q;;;;+2/p-2. The average Bonchev–Trinajstić information content (AvgIpc) is 3.36. The van der Waals surface area contributed by atoms with Gasteiger partial charge in [-0.3, -0.25) is 0 Å². The quantitative estimate of drug-likeness (QED) is 0.430. The van der Waals surface area contributed by atoms with E-state index in [9.17, 15) is 0 Å². The minimum Gasteiger partial charge on any atom is -1.00 e. The number of hydrogen-bond donors (Lipinski definition) is 0. The summed E-state index contributed by atoms with van der Waals surface area (Å²) < 4.78 is 0.640. The maximum absolute atomic E-state index is 2.38. The van der Waals surface area contributed by atoms with Crippen molar-refractivity contribution in [1.29, 1.82) is 0 Å². The zero-order chi connectivity index (χ0) is 24.8. The summed E-state index contributed by atoms with van der Waals surface area (Å²) in [6, 6.07) is 15.8. The minimum atomic E-state index is 0. The zero-order valence-electron chi connectivity index (χ0n) is 22.7.